The zero-order valence-electron chi connectivity index (χ0n) is 11.1. The number of hydrogen-bond donors (Lipinski definition) is 0. The molecule has 3 heteroatoms. The highest BCUT2D eigenvalue weighted by atomic mass is 16.1. The third kappa shape index (κ3) is 3.18. The van der Waals surface area contributed by atoms with Gasteiger partial charge in [0.25, 0.3) is 0 Å². The maximum absolute atomic E-state index is 11.8. The fourth-order valence-corrected chi connectivity index (χ4v) is 2.34. The lowest BCUT2D eigenvalue weighted by molar-refractivity contribution is -0.119. The van der Waals surface area contributed by atoms with E-state index in [9.17, 15) is 4.79 Å². The highest BCUT2D eigenvalue weighted by molar-refractivity contribution is 5.78. The molecule has 2 rings (SSSR count). The van der Waals surface area contributed by atoms with E-state index in [-0.39, 0.29) is 0 Å². The second-order valence-electron chi connectivity index (χ2n) is 5.29. The Hall–Kier alpha value is -1.12. The average Bonchev–Trinajstić information content (AvgIpc) is 3.06. The molecule has 0 radical (unpaired) electrons. The van der Waals surface area contributed by atoms with Crippen LogP contribution >= 0.6 is 0 Å². The molecule has 1 fully saturated rings. The monoisotopic (exact) mass is 234 g/mol. The number of carbonyl (C=O) groups is 1. The molecule has 0 spiro atoms. The Morgan fingerprint density at radius 2 is 2.06 bits per heavy atom. The molecule has 0 aromatic carbocycles. The Balaban J connectivity index is 1.81. The fraction of sp³-hybridized carbons (Fsp3) is 0.714. The molecule has 0 aliphatic heterocycles. The topological polar surface area (TPSA) is 34.9 Å². The summed E-state index contributed by atoms with van der Waals surface area (Å²) in [5, 5.41) is 4.38. The molecule has 0 saturated heterocycles. The number of hydrogen-bond acceptors (Lipinski definition) is 2. The maximum Gasteiger partial charge on any atom is 0.133 e. The van der Waals surface area contributed by atoms with Gasteiger partial charge >= 0.3 is 0 Å². The smallest absolute Gasteiger partial charge is 0.133 e. The van der Waals surface area contributed by atoms with E-state index < -0.39 is 0 Å². The largest absolute Gasteiger partial charge is 0.300 e. The maximum atomic E-state index is 11.8. The zero-order chi connectivity index (χ0) is 12.4. The minimum Gasteiger partial charge on any atom is -0.300 e. The van der Waals surface area contributed by atoms with Crippen molar-refractivity contribution in [2.24, 2.45) is 13.0 Å². The van der Waals surface area contributed by atoms with Crippen molar-refractivity contribution < 1.29 is 4.79 Å². The van der Waals surface area contributed by atoms with Crippen LogP contribution in [0.2, 0.25) is 0 Å². The number of nitrogens with zero attached hydrogens (tertiary/aromatic N) is 2. The van der Waals surface area contributed by atoms with Crippen LogP contribution in [-0.2, 0) is 18.3 Å². The van der Waals surface area contributed by atoms with Crippen molar-refractivity contribution in [2.75, 3.05) is 0 Å². The van der Waals surface area contributed by atoms with Gasteiger partial charge in [-0.15, -0.1) is 0 Å². The predicted molar refractivity (Wildman–Crippen MR) is 68.0 cm³/mol. The van der Waals surface area contributed by atoms with E-state index in [4.69, 9.17) is 0 Å². The highest BCUT2D eigenvalue weighted by Crippen LogP contribution is 2.33. The molecule has 17 heavy (non-hydrogen) atoms. The second-order valence-corrected chi connectivity index (χ2v) is 5.29. The van der Waals surface area contributed by atoms with Crippen LogP contribution in [-0.4, -0.2) is 15.6 Å². The summed E-state index contributed by atoms with van der Waals surface area (Å²) >= 11 is 0. The van der Waals surface area contributed by atoms with Gasteiger partial charge in [-0.1, -0.05) is 12.8 Å². The molecule has 1 aliphatic carbocycles. The van der Waals surface area contributed by atoms with E-state index in [0.717, 1.165) is 30.9 Å². The lowest BCUT2D eigenvalue weighted by atomic mass is 10.0. The van der Waals surface area contributed by atoms with E-state index in [1.54, 1.807) is 0 Å². The Morgan fingerprint density at radius 1 is 1.35 bits per heavy atom. The normalized spacial score (nSPS) is 15.2. The van der Waals surface area contributed by atoms with E-state index in [1.165, 1.54) is 24.1 Å². The molecule has 0 amide bonds. The zero-order valence-corrected chi connectivity index (χ0v) is 11.1. The van der Waals surface area contributed by atoms with Gasteiger partial charge in [0.1, 0.15) is 5.78 Å². The van der Waals surface area contributed by atoms with Crippen LogP contribution in [0, 0.1) is 19.8 Å². The van der Waals surface area contributed by atoms with Crippen LogP contribution in [0.4, 0.5) is 0 Å². The molecule has 1 saturated carbocycles. The number of Topliss-reactive ketones (excluding diaryl/α,β-unsaturated/α-hetero) is 1. The summed E-state index contributed by atoms with van der Waals surface area (Å²) < 4.78 is 1.90. The summed E-state index contributed by atoms with van der Waals surface area (Å²) in [5.74, 6) is 1.28. The van der Waals surface area contributed by atoms with Gasteiger partial charge in [-0.05, 0) is 38.2 Å². The highest BCUT2D eigenvalue weighted by Gasteiger charge is 2.21. The van der Waals surface area contributed by atoms with Gasteiger partial charge in [0.05, 0.1) is 5.69 Å². The van der Waals surface area contributed by atoms with Crippen molar-refractivity contribution in [2.45, 2.75) is 52.4 Å². The molecule has 94 valence electrons. The summed E-state index contributed by atoms with van der Waals surface area (Å²) in [6.45, 7) is 4.10. The Bertz CT molecular complexity index is 416. The average molecular weight is 234 g/mol. The number of ketones is 1. The third-order valence-electron chi connectivity index (χ3n) is 3.84. The minimum atomic E-state index is 0.416. The molecular weight excluding hydrogens is 212 g/mol. The first-order valence-electron chi connectivity index (χ1n) is 6.58. The molecule has 0 bridgehead atoms. The summed E-state index contributed by atoms with van der Waals surface area (Å²) in [6.07, 6.45) is 6.12. The first-order chi connectivity index (χ1) is 8.08. The van der Waals surface area contributed by atoms with Gasteiger partial charge in [-0.2, -0.15) is 5.10 Å². The predicted octanol–water partition coefficient (Wildman–Crippen LogP) is 2.73. The number of aromatic nitrogens is 2. The molecule has 0 N–H and O–H groups in total. The molecule has 1 heterocycles. The first-order valence-corrected chi connectivity index (χ1v) is 6.58. The quantitative estimate of drug-likeness (QED) is 0.758. The first kappa shape index (κ1) is 12.3. The van der Waals surface area contributed by atoms with Gasteiger partial charge in [0, 0.05) is 25.6 Å². The number of carbonyl (C=O) groups excluding carboxylic acids is 1. The summed E-state index contributed by atoms with van der Waals surface area (Å²) in [5.41, 5.74) is 3.52. The van der Waals surface area contributed by atoms with Crippen molar-refractivity contribution in [3.05, 3.63) is 17.0 Å². The summed E-state index contributed by atoms with van der Waals surface area (Å²) in [6, 6.07) is 0. The Kier molecular flexibility index (Phi) is 3.65. The van der Waals surface area contributed by atoms with Crippen molar-refractivity contribution in [1.82, 2.24) is 9.78 Å². The van der Waals surface area contributed by atoms with Crippen molar-refractivity contribution in [3.63, 3.8) is 0 Å². The van der Waals surface area contributed by atoms with Crippen LogP contribution in [0.3, 0.4) is 0 Å². The standard InChI is InChI=1S/C14H22N2O/c1-10-14(11(2)16(3)15-10)9-8-13(17)7-6-12-4-5-12/h12H,4-9H2,1-3H3. The molecule has 1 aliphatic rings. The fourth-order valence-electron chi connectivity index (χ4n) is 2.34. The Labute approximate surface area is 103 Å². The molecule has 1 aromatic rings. The van der Waals surface area contributed by atoms with Gasteiger partial charge in [-0.25, -0.2) is 0 Å². The lowest BCUT2D eigenvalue weighted by Gasteiger charge is -2.02. The van der Waals surface area contributed by atoms with Crippen molar-refractivity contribution in [3.8, 4) is 0 Å². The van der Waals surface area contributed by atoms with Crippen LogP contribution in [0.1, 0.15) is 49.1 Å². The van der Waals surface area contributed by atoms with Crippen molar-refractivity contribution >= 4 is 5.78 Å². The van der Waals surface area contributed by atoms with E-state index >= 15 is 0 Å². The van der Waals surface area contributed by atoms with Crippen molar-refractivity contribution in [1.29, 1.82) is 0 Å². The lowest BCUT2D eigenvalue weighted by Crippen LogP contribution is -2.02. The van der Waals surface area contributed by atoms with Crippen LogP contribution in [0.15, 0.2) is 0 Å². The van der Waals surface area contributed by atoms with Gasteiger partial charge < -0.3 is 0 Å². The minimum absolute atomic E-state index is 0.416. The van der Waals surface area contributed by atoms with E-state index in [2.05, 4.69) is 12.0 Å². The summed E-state index contributed by atoms with van der Waals surface area (Å²) in [4.78, 5) is 11.8. The van der Waals surface area contributed by atoms with Gasteiger partial charge in [0.15, 0.2) is 0 Å². The van der Waals surface area contributed by atoms with Crippen LogP contribution in [0.5, 0.6) is 0 Å². The van der Waals surface area contributed by atoms with Gasteiger partial charge in [0.2, 0.25) is 0 Å². The SMILES string of the molecule is Cc1nn(C)c(C)c1CCC(=O)CCC1CC1. The third-order valence-corrected chi connectivity index (χ3v) is 3.84. The Morgan fingerprint density at radius 3 is 2.59 bits per heavy atom. The van der Waals surface area contributed by atoms with E-state index in [0.29, 0.717) is 12.2 Å². The summed E-state index contributed by atoms with van der Waals surface area (Å²) in [7, 11) is 1.96. The molecular formula is C14H22N2O. The molecule has 3 nitrogen and oxygen atoms in total. The van der Waals surface area contributed by atoms with Crippen LogP contribution < -0.4 is 0 Å². The molecule has 1 aromatic heterocycles. The number of rotatable bonds is 6. The molecule has 0 unspecified atom stereocenters. The van der Waals surface area contributed by atoms with Gasteiger partial charge in [-0.3, -0.25) is 9.48 Å². The second kappa shape index (κ2) is 5.03. The van der Waals surface area contributed by atoms with E-state index in [1.807, 2.05) is 18.7 Å². The molecule has 0 atom stereocenters. The number of aryl methyl sites for hydroxylation is 2. The van der Waals surface area contributed by atoms with Crippen LogP contribution in [0.25, 0.3) is 0 Å².